The van der Waals surface area contributed by atoms with Crippen LogP contribution in [0.3, 0.4) is 0 Å². The van der Waals surface area contributed by atoms with Gasteiger partial charge in [-0.05, 0) is 37.8 Å². The maximum atomic E-state index is 9.44. The first kappa shape index (κ1) is 12.4. The Kier molecular flexibility index (Phi) is 2.71. The van der Waals surface area contributed by atoms with Crippen molar-refractivity contribution in [3.63, 3.8) is 0 Å². The summed E-state index contributed by atoms with van der Waals surface area (Å²) in [5.74, 6) is 0.963. The Hall–Kier alpha value is -2.34. The van der Waals surface area contributed by atoms with E-state index in [1.54, 1.807) is 0 Å². The third kappa shape index (κ3) is 1.91. The average Bonchev–Trinajstić information content (AvgIpc) is 2.78. The standard InChI is InChI=1S/C18H17N3/c1-12-8-14-6-7-15(9-12)21(14)18-10-13(11-19)16-4-2-3-5-17(16)20-18/h2-5,10,14-15H,1,6-9H2. The minimum absolute atomic E-state index is 0.511. The number of benzene rings is 1. The van der Waals surface area contributed by atoms with E-state index in [0.717, 1.165) is 35.1 Å². The minimum Gasteiger partial charge on any atom is -0.350 e. The number of hydrogen-bond donors (Lipinski definition) is 0. The highest BCUT2D eigenvalue weighted by Gasteiger charge is 2.38. The molecule has 2 bridgehead atoms. The molecule has 21 heavy (non-hydrogen) atoms. The molecule has 0 radical (unpaired) electrons. The molecule has 1 aromatic heterocycles. The largest absolute Gasteiger partial charge is 0.350 e. The fourth-order valence-electron chi connectivity index (χ4n) is 3.87. The highest BCUT2D eigenvalue weighted by atomic mass is 15.3. The van der Waals surface area contributed by atoms with Gasteiger partial charge < -0.3 is 4.90 Å². The van der Waals surface area contributed by atoms with Gasteiger partial charge in [0.15, 0.2) is 0 Å². The van der Waals surface area contributed by atoms with E-state index in [1.165, 1.54) is 18.4 Å². The zero-order valence-electron chi connectivity index (χ0n) is 11.9. The van der Waals surface area contributed by atoms with Crippen molar-refractivity contribution in [2.24, 2.45) is 0 Å². The van der Waals surface area contributed by atoms with E-state index in [-0.39, 0.29) is 0 Å². The summed E-state index contributed by atoms with van der Waals surface area (Å²) in [6.07, 6.45) is 4.54. The molecular weight excluding hydrogens is 258 g/mol. The van der Waals surface area contributed by atoms with Gasteiger partial charge in [0, 0.05) is 17.5 Å². The van der Waals surface area contributed by atoms with Gasteiger partial charge in [0.2, 0.25) is 0 Å². The van der Waals surface area contributed by atoms with Crippen LogP contribution in [0.5, 0.6) is 0 Å². The lowest BCUT2D eigenvalue weighted by atomic mass is 9.98. The van der Waals surface area contributed by atoms with Crippen LogP contribution in [0.15, 0.2) is 42.5 Å². The SMILES string of the molecule is C=C1CC2CCC(C1)N2c1cc(C#N)c2ccccc2n1. The monoisotopic (exact) mass is 275 g/mol. The molecule has 0 spiro atoms. The summed E-state index contributed by atoms with van der Waals surface area (Å²) in [7, 11) is 0. The second-order valence-electron chi connectivity index (χ2n) is 6.11. The summed E-state index contributed by atoms with van der Waals surface area (Å²) in [6, 6.07) is 13.2. The first-order valence-corrected chi connectivity index (χ1v) is 7.51. The summed E-state index contributed by atoms with van der Waals surface area (Å²) in [4.78, 5) is 7.25. The first-order valence-electron chi connectivity index (χ1n) is 7.51. The lowest BCUT2D eigenvalue weighted by Crippen LogP contribution is -2.41. The van der Waals surface area contributed by atoms with E-state index in [2.05, 4.69) is 17.5 Å². The van der Waals surface area contributed by atoms with Crippen LogP contribution >= 0.6 is 0 Å². The van der Waals surface area contributed by atoms with Crippen LogP contribution < -0.4 is 4.90 Å². The molecule has 2 fully saturated rings. The van der Waals surface area contributed by atoms with E-state index >= 15 is 0 Å². The number of hydrogen-bond acceptors (Lipinski definition) is 3. The van der Waals surface area contributed by atoms with Crippen LogP contribution in [-0.4, -0.2) is 17.1 Å². The molecule has 0 amide bonds. The molecular formula is C18H17N3. The number of aromatic nitrogens is 1. The second kappa shape index (κ2) is 4.60. The number of rotatable bonds is 1. The average molecular weight is 275 g/mol. The third-order valence-corrected chi connectivity index (χ3v) is 4.76. The Balaban J connectivity index is 1.85. The molecule has 2 atom stereocenters. The summed E-state index contributed by atoms with van der Waals surface area (Å²) in [5, 5.41) is 10.4. The molecule has 2 unspecified atom stereocenters. The number of para-hydroxylation sites is 1. The van der Waals surface area contributed by atoms with Crippen LogP contribution in [0.4, 0.5) is 5.82 Å². The molecule has 3 heterocycles. The molecule has 2 aliphatic rings. The van der Waals surface area contributed by atoms with Crippen molar-refractivity contribution < 1.29 is 0 Å². The van der Waals surface area contributed by atoms with Gasteiger partial charge in [-0.25, -0.2) is 4.98 Å². The molecule has 2 aliphatic heterocycles. The molecule has 0 aliphatic carbocycles. The topological polar surface area (TPSA) is 39.9 Å². The molecule has 0 saturated carbocycles. The summed E-state index contributed by atoms with van der Waals surface area (Å²) < 4.78 is 0. The van der Waals surface area contributed by atoms with Gasteiger partial charge in [0.05, 0.1) is 17.1 Å². The van der Waals surface area contributed by atoms with E-state index in [1.807, 2.05) is 30.3 Å². The number of nitriles is 1. The van der Waals surface area contributed by atoms with Crippen molar-refractivity contribution in [1.82, 2.24) is 4.98 Å². The molecule has 3 nitrogen and oxygen atoms in total. The van der Waals surface area contributed by atoms with Crippen LogP contribution in [-0.2, 0) is 0 Å². The number of pyridine rings is 1. The maximum Gasteiger partial charge on any atom is 0.131 e. The lowest BCUT2D eigenvalue weighted by Gasteiger charge is -2.37. The van der Waals surface area contributed by atoms with Crippen molar-refractivity contribution in [2.45, 2.75) is 37.8 Å². The van der Waals surface area contributed by atoms with Crippen molar-refractivity contribution >= 4 is 16.7 Å². The Morgan fingerprint density at radius 3 is 2.62 bits per heavy atom. The predicted octanol–water partition coefficient (Wildman–Crippen LogP) is 3.79. The maximum absolute atomic E-state index is 9.44. The zero-order chi connectivity index (χ0) is 14.4. The lowest BCUT2D eigenvalue weighted by molar-refractivity contribution is 0.546. The van der Waals surface area contributed by atoms with Crippen LogP contribution in [0.2, 0.25) is 0 Å². The summed E-state index contributed by atoms with van der Waals surface area (Å²) >= 11 is 0. The summed E-state index contributed by atoms with van der Waals surface area (Å²) in [5.41, 5.74) is 3.00. The molecule has 3 heteroatoms. The van der Waals surface area contributed by atoms with Crippen molar-refractivity contribution in [3.8, 4) is 6.07 Å². The Bertz CT molecular complexity index is 756. The van der Waals surface area contributed by atoms with Crippen LogP contribution in [0.1, 0.15) is 31.2 Å². The number of nitrogens with zero attached hydrogens (tertiary/aromatic N) is 3. The normalized spacial score (nSPS) is 24.3. The molecule has 0 N–H and O–H groups in total. The quantitative estimate of drug-likeness (QED) is 0.743. The van der Waals surface area contributed by atoms with Gasteiger partial charge in [-0.1, -0.05) is 30.4 Å². The van der Waals surface area contributed by atoms with E-state index < -0.39 is 0 Å². The Labute approximate surface area is 124 Å². The predicted molar refractivity (Wildman–Crippen MR) is 84.1 cm³/mol. The number of fused-ring (bicyclic) bond motifs is 3. The molecule has 2 aromatic rings. The third-order valence-electron chi connectivity index (χ3n) is 4.76. The molecule has 4 rings (SSSR count). The Morgan fingerprint density at radius 1 is 1.19 bits per heavy atom. The van der Waals surface area contributed by atoms with Gasteiger partial charge in [-0.3, -0.25) is 0 Å². The molecule has 104 valence electrons. The van der Waals surface area contributed by atoms with Gasteiger partial charge in [-0.2, -0.15) is 5.26 Å². The van der Waals surface area contributed by atoms with Crippen LogP contribution in [0, 0.1) is 11.3 Å². The van der Waals surface area contributed by atoms with Gasteiger partial charge in [0.25, 0.3) is 0 Å². The van der Waals surface area contributed by atoms with Gasteiger partial charge in [0.1, 0.15) is 5.82 Å². The minimum atomic E-state index is 0.511. The van der Waals surface area contributed by atoms with Gasteiger partial charge in [-0.15, -0.1) is 0 Å². The first-order chi connectivity index (χ1) is 10.3. The highest BCUT2D eigenvalue weighted by molar-refractivity contribution is 5.86. The second-order valence-corrected chi connectivity index (χ2v) is 6.11. The van der Waals surface area contributed by atoms with E-state index in [9.17, 15) is 5.26 Å². The fourth-order valence-corrected chi connectivity index (χ4v) is 3.87. The van der Waals surface area contributed by atoms with E-state index in [0.29, 0.717) is 12.1 Å². The van der Waals surface area contributed by atoms with E-state index in [4.69, 9.17) is 4.98 Å². The summed E-state index contributed by atoms with van der Waals surface area (Å²) in [6.45, 7) is 4.17. The van der Waals surface area contributed by atoms with Gasteiger partial charge >= 0.3 is 0 Å². The van der Waals surface area contributed by atoms with Crippen molar-refractivity contribution in [2.75, 3.05) is 4.90 Å². The molecule has 2 saturated heterocycles. The smallest absolute Gasteiger partial charge is 0.131 e. The number of anilines is 1. The number of piperidine rings is 1. The Morgan fingerprint density at radius 2 is 1.90 bits per heavy atom. The fraction of sp³-hybridized carbons (Fsp3) is 0.333. The van der Waals surface area contributed by atoms with Crippen molar-refractivity contribution in [3.05, 3.63) is 48.0 Å². The van der Waals surface area contributed by atoms with Crippen LogP contribution in [0.25, 0.3) is 10.9 Å². The molecule has 1 aromatic carbocycles. The van der Waals surface area contributed by atoms with Crippen molar-refractivity contribution in [1.29, 1.82) is 5.26 Å². The zero-order valence-corrected chi connectivity index (χ0v) is 11.9. The highest BCUT2D eigenvalue weighted by Crippen LogP contribution is 2.40.